The third-order valence-corrected chi connectivity index (χ3v) is 18.0. The molecular weight excluding hydrogens is 959 g/mol. The zero-order valence-electron chi connectivity index (χ0n) is 44.2. The second-order valence-electron chi connectivity index (χ2n) is 23.0. The molecule has 0 spiro atoms. The van der Waals surface area contributed by atoms with E-state index >= 15 is 8.78 Å². The number of aromatic nitrogens is 4. The minimum absolute atomic E-state index is 0.0297. The molecular formula is C57H74F2N10O6. The van der Waals surface area contributed by atoms with Crippen LogP contribution >= 0.6 is 0 Å². The Bertz CT molecular complexity index is 2900. The van der Waals surface area contributed by atoms with Crippen LogP contribution in [0.3, 0.4) is 0 Å². The standard InChI is InChI=1S/C57H74F2N10O6/c1-30(2)49(64-56(72)74-5)54(70)68-43-14-10-12-32(43)26-47(68)52-60-39-18-16-34(24-41(39)62-52)45-20-21-46(67(45)36-28-37(58)51(38(59)29-36)66-22-8-7-9-23-66)35-17-19-40-42(25-35)63-53(61-40)48-27-33-13-11-15-44(33)69(48)55(71)50(31(3)4)65-57(73)75-6/h16-19,24-25,28-33,43-50,54,70H,7-15,20-23,26-27H2,1-6H3,(H,60,62)(H,61,63)(H,64,72)(H,65,73)/t32-,33-,43-,44-,45+,46?,47?,48-,49-,50-,54?/m0/s1. The number of carbonyl (C=O) groups is 3. The van der Waals surface area contributed by atoms with Crippen molar-refractivity contribution in [1.82, 2.24) is 40.4 Å². The predicted molar refractivity (Wildman–Crippen MR) is 282 cm³/mol. The van der Waals surface area contributed by atoms with Crippen molar-refractivity contribution in [3.8, 4) is 0 Å². The number of imidazole rings is 2. The molecule has 6 heterocycles. The number of alkyl carbamates (subject to hydrolysis) is 2. The molecule has 4 aliphatic heterocycles. The molecule has 6 fully saturated rings. The number of aliphatic hydroxyl groups is 1. The molecule has 5 aromatic rings. The first kappa shape index (κ1) is 51.1. The molecule has 5 N–H and O–H groups in total. The molecule has 11 atom stereocenters. The van der Waals surface area contributed by atoms with E-state index in [0.29, 0.717) is 49.3 Å². The lowest BCUT2D eigenvalue weighted by Gasteiger charge is -2.39. The second-order valence-corrected chi connectivity index (χ2v) is 23.0. The number of halogens is 2. The maximum atomic E-state index is 16.6. The average Bonchev–Trinajstić information content (AvgIpc) is 4.27. The van der Waals surface area contributed by atoms with Gasteiger partial charge in [-0.3, -0.25) is 9.69 Å². The van der Waals surface area contributed by atoms with Gasteiger partial charge in [-0.1, -0.05) is 52.7 Å². The maximum absolute atomic E-state index is 16.6. The summed E-state index contributed by atoms with van der Waals surface area (Å²) in [4.78, 5) is 65.2. The predicted octanol–water partition coefficient (Wildman–Crippen LogP) is 10.2. The van der Waals surface area contributed by atoms with E-state index in [0.717, 1.165) is 110 Å². The zero-order chi connectivity index (χ0) is 52.4. The lowest BCUT2D eigenvalue weighted by Crippen LogP contribution is -2.56. The lowest BCUT2D eigenvalue weighted by atomic mass is 10.0. The number of rotatable bonds is 13. The van der Waals surface area contributed by atoms with Crippen molar-refractivity contribution in [2.45, 2.75) is 166 Å². The van der Waals surface area contributed by atoms with Gasteiger partial charge in [-0.2, -0.15) is 0 Å². The first-order chi connectivity index (χ1) is 36.2. The normalized spacial score (nSPS) is 27.1. The fourth-order valence-corrected chi connectivity index (χ4v) is 14.4. The van der Waals surface area contributed by atoms with Crippen molar-refractivity contribution >= 4 is 51.5 Å². The minimum atomic E-state index is -0.968. The summed E-state index contributed by atoms with van der Waals surface area (Å²) in [7, 11) is 2.63. The van der Waals surface area contributed by atoms with Gasteiger partial charge in [0.2, 0.25) is 5.91 Å². The number of hydrogen-bond donors (Lipinski definition) is 5. The van der Waals surface area contributed by atoms with E-state index in [1.165, 1.54) is 26.4 Å². The van der Waals surface area contributed by atoms with E-state index in [1.54, 1.807) is 0 Å². The molecule has 3 aromatic carbocycles. The van der Waals surface area contributed by atoms with Gasteiger partial charge < -0.3 is 49.9 Å². The van der Waals surface area contributed by atoms with Crippen LogP contribution in [0.15, 0.2) is 48.5 Å². The molecule has 3 unspecified atom stereocenters. The van der Waals surface area contributed by atoms with Crippen LogP contribution in [0.1, 0.15) is 158 Å². The molecule has 0 bridgehead atoms. The lowest BCUT2D eigenvalue weighted by molar-refractivity contribution is -0.137. The highest BCUT2D eigenvalue weighted by Gasteiger charge is 2.51. The molecule has 2 aliphatic carbocycles. The van der Waals surface area contributed by atoms with Gasteiger partial charge in [0, 0.05) is 30.9 Å². The average molecular weight is 1030 g/mol. The summed E-state index contributed by atoms with van der Waals surface area (Å²) >= 11 is 0. The van der Waals surface area contributed by atoms with E-state index in [-0.39, 0.29) is 59.7 Å². The van der Waals surface area contributed by atoms with Gasteiger partial charge in [0.25, 0.3) is 0 Å². The van der Waals surface area contributed by atoms with Crippen molar-refractivity contribution in [2.24, 2.45) is 23.7 Å². The van der Waals surface area contributed by atoms with Crippen LogP contribution in [0.25, 0.3) is 22.1 Å². The fraction of sp³-hybridized carbons (Fsp3) is 0.596. The van der Waals surface area contributed by atoms with E-state index in [4.69, 9.17) is 19.4 Å². The molecule has 18 heteroatoms. The molecule has 75 heavy (non-hydrogen) atoms. The molecule has 402 valence electrons. The highest BCUT2D eigenvalue weighted by molar-refractivity contribution is 5.87. The third kappa shape index (κ3) is 9.45. The van der Waals surface area contributed by atoms with Crippen LogP contribution in [-0.4, -0.2) is 111 Å². The van der Waals surface area contributed by atoms with Crippen molar-refractivity contribution < 1.29 is 37.7 Å². The molecule has 6 aliphatic rings. The molecule has 2 saturated carbocycles. The third-order valence-electron chi connectivity index (χ3n) is 18.0. The molecule has 3 amide bonds. The Hall–Kier alpha value is -6.01. The Labute approximate surface area is 437 Å². The van der Waals surface area contributed by atoms with Crippen molar-refractivity contribution in [1.29, 1.82) is 0 Å². The van der Waals surface area contributed by atoms with Crippen LogP contribution < -0.4 is 20.4 Å². The number of likely N-dealkylation sites (tertiary alicyclic amines) is 2. The summed E-state index contributed by atoms with van der Waals surface area (Å²) in [6.07, 6.45) is 9.68. The Morgan fingerprint density at radius 1 is 0.667 bits per heavy atom. The van der Waals surface area contributed by atoms with Crippen molar-refractivity contribution in [2.75, 3.05) is 37.1 Å². The first-order valence-electron chi connectivity index (χ1n) is 27.7. The molecule has 16 nitrogen and oxygen atoms in total. The highest BCUT2D eigenvalue weighted by Crippen LogP contribution is 2.52. The Morgan fingerprint density at radius 3 is 1.79 bits per heavy atom. The number of anilines is 2. The number of fused-ring (bicyclic) bond motifs is 4. The quantitative estimate of drug-likeness (QED) is 0.0756. The fourth-order valence-electron chi connectivity index (χ4n) is 14.4. The maximum Gasteiger partial charge on any atom is 0.407 e. The van der Waals surface area contributed by atoms with Gasteiger partial charge in [-0.15, -0.1) is 0 Å². The highest BCUT2D eigenvalue weighted by atomic mass is 19.1. The van der Waals surface area contributed by atoms with Gasteiger partial charge >= 0.3 is 12.2 Å². The van der Waals surface area contributed by atoms with E-state index < -0.39 is 42.1 Å². The largest absolute Gasteiger partial charge is 0.453 e. The van der Waals surface area contributed by atoms with Crippen molar-refractivity contribution in [3.05, 3.63) is 82.9 Å². The van der Waals surface area contributed by atoms with Crippen molar-refractivity contribution in [3.63, 3.8) is 0 Å². The second kappa shape index (κ2) is 20.8. The van der Waals surface area contributed by atoms with Crippen LogP contribution in [0.4, 0.5) is 29.7 Å². The first-order valence-corrected chi connectivity index (χ1v) is 27.7. The number of aliphatic hydroxyl groups excluding tert-OH is 1. The van der Waals surface area contributed by atoms with Crippen LogP contribution in [0.5, 0.6) is 0 Å². The summed E-state index contributed by atoms with van der Waals surface area (Å²) in [6.45, 7) is 9.03. The number of hydrogen-bond acceptors (Lipinski definition) is 11. The molecule has 0 radical (unpaired) electrons. The summed E-state index contributed by atoms with van der Waals surface area (Å²) in [5.41, 5.74) is 5.58. The number of H-pyrrole nitrogens is 2. The number of piperidine rings is 1. The Morgan fingerprint density at radius 2 is 1.21 bits per heavy atom. The Kier molecular flexibility index (Phi) is 14.2. The number of methoxy groups -OCH3 is 2. The van der Waals surface area contributed by atoms with E-state index in [1.807, 2.05) is 49.6 Å². The topological polar surface area (TPSA) is 184 Å². The van der Waals surface area contributed by atoms with Gasteiger partial charge in [0.15, 0.2) is 11.6 Å². The van der Waals surface area contributed by atoms with Gasteiger partial charge in [0.1, 0.15) is 29.6 Å². The summed E-state index contributed by atoms with van der Waals surface area (Å²) < 4.78 is 43.0. The van der Waals surface area contributed by atoms with Crippen LogP contribution in [0, 0.1) is 35.3 Å². The number of nitrogens with one attached hydrogen (secondary N) is 4. The number of ether oxygens (including phenoxy) is 2. The minimum Gasteiger partial charge on any atom is -0.453 e. The van der Waals surface area contributed by atoms with Gasteiger partial charge in [0.05, 0.1) is 66.5 Å². The summed E-state index contributed by atoms with van der Waals surface area (Å²) in [6, 6.07) is 13.2. The van der Waals surface area contributed by atoms with E-state index in [2.05, 4.69) is 54.7 Å². The number of amides is 3. The van der Waals surface area contributed by atoms with Crippen LogP contribution in [0.2, 0.25) is 0 Å². The number of benzene rings is 3. The number of aromatic amines is 2. The molecule has 4 saturated heterocycles. The summed E-state index contributed by atoms with van der Waals surface area (Å²) in [5, 5.41) is 17.8. The SMILES string of the molecule is COC(=O)N[C@@H](C(C)C)C(O)N1C(c2nc3cc([C@H]4CCC(c5ccc6[nH]c([C@@H]7C[C@@H]8CCC[C@@H]8N7C(=O)[C@@H](NC(=O)OC)C(C)C)nc6c5)N4c4cc(F)c(N5CCCCC5)c(F)c4)ccc3[nH]2)C[C@@H]2CCC[C@@H]21. The van der Waals surface area contributed by atoms with Crippen LogP contribution in [-0.2, 0) is 14.3 Å². The monoisotopic (exact) mass is 1030 g/mol. The van der Waals surface area contributed by atoms with Gasteiger partial charge in [-0.05, 0) is 142 Å². The smallest absolute Gasteiger partial charge is 0.407 e. The number of nitrogens with zero attached hydrogens (tertiary/aromatic N) is 6. The number of carbonyl (C=O) groups excluding carboxylic acids is 3. The molecule has 2 aromatic heterocycles. The van der Waals surface area contributed by atoms with E-state index in [9.17, 15) is 19.5 Å². The molecule has 11 rings (SSSR count). The zero-order valence-corrected chi connectivity index (χ0v) is 44.2. The van der Waals surface area contributed by atoms with Gasteiger partial charge in [-0.25, -0.2) is 28.3 Å². The Balaban J connectivity index is 0.928. The summed E-state index contributed by atoms with van der Waals surface area (Å²) in [5.74, 6) is 0.652.